The maximum absolute atomic E-state index is 5.44. The van der Waals surface area contributed by atoms with Gasteiger partial charge in [0.25, 0.3) is 0 Å². The lowest BCUT2D eigenvalue weighted by Gasteiger charge is -1.95. The van der Waals surface area contributed by atoms with Gasteiger partial charge in [-0.3, -0.25) is 4.68 Å². The van der Waals surface area contributed by atoms with Crippen molar-refractivity contribution in [2.75, 3.05) is 6.54 Å². The van der Waals surface area contributed by atoms with Gasteiger partial charge in [0.2, 0.25) is 0 Å². The van der Waals surface area contributed by atoms with E-state index in [1.54, 1.807) is 0 Å². The lowest BCUT2D eigenvalue weighted by atomic mass is 10.2. The first-order chi connectivity index (χ1) is 6.72. The van der Waals surface area contributed by atoms with Crippen molar-refractivity contribution < 1.29 is 0 Å². The van der Waals surface area contributed by atoms with Crippen molar-refractivity contribution in [1.82, 2.24) is 9.78 Å². The quantitative estimate of drug-likeness (QED) is 0.724. The third-order valence-corrected chi connectivity index (χ3v) is 2.04. The van der Waals surface area contributed by atoms with E-state index in [4.69, 9.17) is 5.73 Å². The number of aryl methyl sites for hydroxylation is 1. The molecule has 1 rings (SSSR count). The van der Waals surface area contributed by atoms with Gasteiger partial charge in [0.05, 0.1) is 12.7 Å². The van der Waals surface area contributed by atoms with Gasteiger partial charge in [-0.25, -0.2) is 0 Å². The summed E-state index contributed by atoms with van der Waals surface area (Å²) in [6.45, 7) is 5.81. The largest absolute Gasteiger partial charge is 0.330 e. The number of allylic oxidation sites excluding steroid dienone is 2. The summed E-state index contributed by atoms with van der Waals surface area (Å²) in [4.78, 5) is 0. The van der Waals surface area contributed by atoms with Crippen molar-refractivity contribution in [3.8, 4) is 0 Å². The Morgan fingerprint density at radius 1 is 1.57 bits per heavy atom. The minimum absolute atomic E-state index is 0.749. The fourth-order valence-corrected chi connectivity index (χ4v) is 1.22. The van der Waals surface area contributed by atoms with Gasteiger partial charge in [0.15, 0.2) is 0 Å². The second kappa shape index (κ2) is 5.60. The van der Waals surface area contributed by atoms with Gasteiger partial charge in [-0.1, -0.05) is 11.6 Å². The predicted molar refractivity (Wildman–Crippen MR) is 59.0 cm³/mol. The van der Waals surface area contributed by atoms with Crippen molar-refractivity contribution in [1.29, 1.82) is 0 Å². The predicted octanol–water partition coefficient (Wildman–Crippen LogP) is 1.74. The van der Waals surface area contributed by atoms with Gasteiger partial charge in [0.1, 0.15) is 0 Å². The molecule has 0 saturated carbocycles. The zero-order valence-electron chi connectivity index (χ0n) is 9.03. The van der Waals surface area contributed by atoms with E-state index >= 15 is 0 Å². The standard InChI is InChI=1S/C11H19N3/c1-10(2)5-7-14-9-11(8-13-14)4-3-6-12/h5,8-9H,3-4,6-7,12H2,1-2H3. The summed E-state index contributed by atoms with van der Waals surface area (Å²) in [6.07, 6.45) is 8.25. The maximum atomic E-state index is 5.44. The van der Waals surface area contributed by atoms with Crippen LogP contribution in [0.25, 0.3) is 0 Å². The zero-order valence-corrected chi connectivity index (χ0v) is 9.03. The highest BCUT2D eigenvalue weighted by Gasteiger charge is 1.96. The molecule has 78 valence electrons. The number of hydrogen-bond acceptors (Lipinski definition) is 2. The number of rotatable bonds is 5. The lowest BCUT2D eigenvalue weighted by Crippen LogP contribution is -1.99. The van der Waals surface area contributed by atoms with E-state index in [1.807, 2.05) is 10.9 Å². The van der Waals surface area contributed by atoms with Crippen molar-refractivity contribution in [3.05, 3.63) is 29.6 Å². The summed E-state index contributed by atoms with van der Waals surface area (Å²) < 4.78 is 1.96. The fraction of sp³-hybridized carbons (Fsp3) is 0.545. The maximum Gasteiger partial charge on any atom is 0.0592 e. The Balaban J connectivity index is 2.46. The van der Waals surface area contributed by atoms with Crippen LogP contribution in [0.15, 0.2) is 24.0 Å². The second-order valence-electron chi connectivity index (χ2n) is 3.74. The van der Waals surface area contributed by atoms with Crippen LogP contribution in [0.5, 0.6) is 0 Å². The number of nitrogens with zero attached hydrogens (tertiary/aromatic N) is 2. The van der Waals surface area contributed by atoms with E-state index < -0.39 is 0 Å². The summed E-state index contributed by atoms with van der Waals surface area (Å²) in [6, 6.07) is 0. The van der Waals surface area contributed by atoms with Crippen LogP contribution in [0.4, 0.5) is 0 Å². The monoisotopic (exact) mass is 193 g/mol. The van der Waals surface area contributed by atoms with Crippen LogP contribution in [0.3, 0.4) is 0 Å². The molecule has 0 aliphatic carbocycles. The lowest BCUT2D eigenvalue weighted by molar-refractivity contribution is 0.697. The molecule has 1 aromatic rings. The van der Waals surface area contributed by atoms with Crippen LogP contribution in [0.1, 0.15) is 25.8 Å². The van der Waals surface area contributed by atoms with Gasteiger partial charge in [-0.15, -0.1) is 0 Å². The summed E-state index contributed by atoms with van der Waals surface area (Å²) in [7, 11) is 0. The molecule has 14 heavy (non-hydrogen) atoms. The van der Waals surface area contributed by atoms with E-state index in [0.29, 0.717) is 0 Å². The van der Waals surface area contributed by atoms with Crippen molar-refractivity contribution in [2.45, 2.75) is 33.2 Å². The normalized spacial score (nSPS) is 10.2. The SMILES string of the molecule is CC(C)=CCn1cc(CCCN)cn1. The van der Waals surface area contributed by atoms with E-state index in [0.717, 1.165) is 25.9 Å². The molecule has 0 radical (unpaired) electrons. The molecule has 0 unspecified atom stereocenters. The fourth-order valence-electron chi connectivity index (χ4n) is 1.22. The van der Waals surface area contributed by atoms with Gasteiger partial charge < -0.3 is 5.73 Å². The van der Waals surface area contributed by atoms with E-state index in [1.165, 1.54) is 11.1 Å². The molecular formula is C11H19N3. The molecule has 1 aromatic heterocycles. The Morgan fingerprint density at radius 2 is 2.36 bits per heavy atom. The highest BCUT2D eigenvalue weighted by Crippen LogP contribution is 2.01. The molecule has 1 heterocycles. The number of hydrogen-bond donors (Lipinski definition) is 1. The van der Waals surface area contributed by atoms with Crippen molar-refractivity contribution >= 4 is 0 Å². The van der Waals surface area contributed by atoms with Gasteiger partial charge in [-0.05, 0) is 38.8 Å². The van der Waals surface area contributed by atoms with Gasteiger partial charge in [0, 0.05) is 6.20 Å². The molecule has 0 aromatic carbocycles. The summed E-state index contributed by atoms with van der Waals surface area (Å²) in [5, 5.41) is 4.27. The van der Waals surface area contributed by atoms with E-state index in [-0.39, 0.29) is 0 Å². The highest BCUT2D eigenvalue weighted by molar-refractivity contribution is 5.05. The summed E-state index contributed by atoms with van der Waals surface area (Å²) in [5.41, 5.74) is 8.04. The minimum Gasteiger partial charge on any atom is -0.330 e. The zero-order chi connectivity index (χ0) is 10.4. The number of nitrogens with two attached hydrogens (primary N) is 1. The smallest absolute Gasteiger partial charge is 0.0592 e. The topological polar surface area (TPSA) is 43.8 Å². The third-order valence-electron chi connectivity index (χ3n) is 2.04. The molecule has 0 bridgehead atoms. The molecule has 0 spiro atoms. The van der Waals surface area contributed by atoms with Crippen LogP contribution in [0.2, 0.25) is 0 Å². The molecule has 3 heteroatoms. The Bertz CT molecular complexity index is 295. The molecule has 0 aliphatic heterocycles. The van der Waals surface area contributed by atoms with Gasteiger partial charge >= 0.3 is 0 Å². The molecule has 0 atom stereocenters. The first kappa shape index (κ1) is 11.0. The Kier molecular flexibility index (Phi) is 4.40. The van der Waals surface area contributed by atoms with E-state index in [9.17, 15) is 0 Å². The van der Waals surface area contributed by atoms with Gasteiger partial charge in [-0.2, -0.15) is 5.10 Å². The minimum atomic E-state index is 0.749. The summed E-state index contributed by atoms with van der Waals surface area (Å²) in [5.74, 6) is 0. The third kappa shape index (κ3) is 3.75. The molecule has 0 saturated heterocycles. The average Bonchev–Trinajstić information content (AvgIpc) is 2.59. The van der Waals surface area contributed by atoms with Crippen LogP contribution in [-0.2, 0) is 13.0 Å². The van der Waals surface area contributed by atoms with Crippen molar-refractivity contribution in [3.63, 3.8) is 0 Å². The Morgan fingerprint density at radius 3 is 3.00 bits per heavy atom. The van der Waals surface area contributed by atoms with Crippen LogP contribution >= 0.6 is 0 Å². The average molecular weight is 193 g/mol. The molecule has 2 N–H and O–H groups in total. The highest BCUT2D eigenvalue weighted by atomic mass is 15.3. The van der Waals surface area contributed by atoms with Crippen LogP contribution in [0, 0.1) is 0 Å². The van der Waals surface area contributed by atoms with E-state index in [2.05, 4.69) is 31.2 Å². The van der Waals surface area contributed by atoms with Crippen molar-refractivity contribution in [2.24, 2.45) is 5.73 Å². The molecule has 0 aliphatic rings. The molecule has 0 fully saturated rings. The Labute approximate surface area is 85.6 Å². The number of aromatic nitrogens is 2. The molecule has 3 nitrogen and oxygen atoms in total. The first-order valence-electron chi connectivity index (χ1n) is 5.07. The Hall–Kier alpha value is -1.09. The summed E-state index contributed by atoms with van der Waals surface area (Å²) >= 11 is 0. The molecule has 0 amide bonds. The second-order valence-corrected chi connectivity index (χ2v) is 3.74. The molecular weight excluding hydrogens is 174 g/mol. The first-order valence-corrected chi connectivity index (χ1v) is 5.07. The van der Waals surface area contributed by atoms with Crippen LogP contribution in [-0.4, -0.2) is 16.3 Å². The van der Waals surface area contributed by atoms with Crippen LogP contribution < -0.4 is 5.73 Å².